The number of hydrogen-bond donors (Lipinski definition) is 0. The fraction of sp³-hybridized carbons (Fsp3) is 0.333. The summed E-state index contributed by atoms with van der Waals surface area (Å²) in [4.78, 5) is 11.1. The molecule has 0 amide bonds. The van der Waals surface area contributed by atoms with Gasteiger partial charge in [-0.3, -0.25) is 0 Å². The molecule has 2 aromatic heterocycles. The summed E-state index contributed by atoms with van der Waals surface area (Å²) in [5, 5.41) is 3.20. The number of hydrogen-bond acceptors (Lipinski definition) is 4. The molecule has 0 aliphatic rings. The van der Waals surface area contributed by atoms with E-state index in [9.17, 15) is 0 Å². The third kappa shape index (κ3) is 3.04. The molecule has 0 saturated heterocycles. The van der Waals surface area contributed by atoms with E-state index in [-0.39, 0.29) is 0 Å². The SMILES string of the molecule is Cc1nc(CN(C)c2ccc(Br)c(C)n2)cs1. The van der Waals surface area contributed by atoms with Crippen molar-refractivity contribution in [2.45, 2.75) is 20.4 Å². The lowest BCUT2D eigenvalue weighted by Crippen LogP contribution is -2.18. The van der Waals surface area contributed by atoms with Crippen molar-refractivity contribution in [1.82, 2.24) is 9.97 Å². The predicted molar refractivity (Wildman–Crippen MR) is 75.6 cm³/mol. The Morgan fingerprint density at radius 3 is 2.65 bits per heavy atom. The summed E-state index contributed by atoms with van der Waals surface area (Å²) in [5.41, 5.74) is 2.10. The molecule has 0 fully saturated rings. The summed E-state index contributed by atoms with van der Waals surface area (Å²) >= 11 is 5.14. The second kappa shape index (κ2) is 5.14. The molecule has 0 radical (unpaired) electrons. The molecule has 0 aromatic carbocycles. The number of halogens is 1. The minimum atomic E-state index is 0.790. The summed E-state index contributed by atoms with van der Waals surface area (Å²) < 4.78 is 1.04. The number of aromatic nitrogens is 2. The molecule has 0 spiro atoms. The number of thiazole rings is 1. The Morgan fingerprint density at radius 2 is 2.06 bits per heavy atom. The third-order valence-electron chi connectivity index (χ3n) is 2.46. The van der Waals surface area contributed by atoms with Crippen LogP contribution in [-0.2, 0) is 6.54 Å². The van der Waals surface area contributed by atoms with Crippen LogP contribution in [0.5, 0.6) is 0 Å². The predicted octanol–water partition coefficient (Wildman–Crippen LogP) is 3.55. The first-order chi connectivity index (χ1) is 8.06. The van der Waals surface area contributed by atoms with Crippen molar-refractivity contribution in [3.63, 3.8) is 0 Å². The normalized spacial score (nSPS) is 10.6. The van der Waals surface area contributed by atoms with Crippen molar-refractivity contribution in [3.05, 3.63) is 38.4 Å². The van der Waals surface area contributed by atoms with Crippen LogP contribution in [0, 0.1) is 13.8 Å². The molecule has 5 heteroatoms. The highest BCUT2D eigenvalue weighted by Gasteiger charge is 2.07. The number of anilines is 1. The van der Waals surface area contributed by atoms with Gasteiger partial charge in [0.05, 0.1) is 22.9 Å². The van der Waals surface area contributed by atoms with Crippen molar-refractivity contribution in [3.8, 4) is 0 Å². The second-order valence-corrected chi connectivity index (χ2v) is 5.87. The molecule has 0 aliphatic carbocycles. The van der Waals surface area contributed by atoms with E-state index in [4.69, 9.17) is 0 Å². The van der Waals surface area contributed by atoms with Gasteiger partial charge < -0.3 is 4.90 Å². The van der Waals surface area contributed by atoms with Gasteiger partial charge in [0.15, 0.2) is 0 Å². The fourth-order valence-electron chi connectivity index (χ4n) is 1.55. The molecule has 17 heavy (non-hydrogen) atoms. The lowest BCUT2D eigenvalue weighted by molar-refractivity contribution is 0.865. The Bertz CT molecular complexity index is 524. The van der Waals surface area contributed by atoms with Crippen LogP contribution in [0.25, 0.3) is 0 Å². The lowest BCUT2D eigenvalue weighted by Gasteiger charge is -2.17. The van der Waals surface area contributed by atoms with Crippen LogP contribution in [0.4, 0.5) is 5.82 Å². The Labute approximate surface area is 114 Å². The molecule has 0 bridgehead atoms. The summed E-state index contributed by atoms with van der Waals surface area (Å²) in [6.45, 7) is 4.81. The average Bonchev–Trinajstić information content (AvgIpc) is 2.68. The molecular formula is C12H14BrN3S. The van der Waals surface area contributed by atoms with Crippen molar-refractivity contribution < 1.29 is 0 Å². The van der Waals surface area contributed by atoms with E-state index in [1.165, 1.54) is 0 Å². The first-order valence-corrected chi connectivity index (χ1v) is 6.99. The number of rotatable bonds is 3. The largest absolute Gasteiger partial charge is 0.354 e. The van der Waals surface area contributed by atoms with Crippen molar-refractivity contribution >= 4 is 33.1 Å². The quantitative estimate of drug-likeness (QED) is 0.868. The Balaban J connectivity index is 2.14. The van der Waals surface area contributed by atoms with E-state index >= 15 is 0 Å². The zero-order valence-electron chi connectivity index (χ0n) is 10.1. The second-order valence-electron chi connectivity index (χ2n) is 3.95. The highest BCUT2D eigenvalue weighted by atomic mass is 79.9. The van der Waals surface area contributed by atoms with Gasteiger partial charge in [0, 0.05) is 16.9 Å². The minimum absolute atomic E-state index is 0.790. The van der Waals surface area contributed by atoms with E-state index < -0.39 is 0 Å². The van der Waals surface area contributed by atoms with Crippen molar-refractivity contribution in [2.75, 3.05) is 11.9 Å². The van der Waals surface area contributed by atoms with E-state index in [0.29, 0.717) is 0 Å². The molecular weight excluding hydrogens is 298 g/mol. The number of aryl methyl sites for hydroxylation is 2. The van der Waals surface area contributed by atoms with E-state index in [1.807, 2.05) is 33.0 Å². The topological polar surface area (TPSA) is 29.0 Å². The molecule has 0 N–H and O–H groups in total. The van der Waals surface area contributed by atoms with Crippen molar-refractivity contribution in [1.29, 1.82) is 0 Å². The third-order valence-corrected chi connectivity index (χ3v) is 4.12. The number of nitrogens with zero attached hydrogens (tertiary/aromatic N) is 3. The summed E-state index contributed by atoms with van der Waals surface area (Å²) in [6, 6.07) is 4.04. The van der Waals surface area contributed by atoms with Crippen LogP contribution in [0.1, 0.15) is 16.4 Å². The summed E-state index contributed by atoms with van der Waals surface area (Å²) in [6.07, 6.45) is 0. The molecule has 0 aliphatic heterocycles. The van der Waals surface area contributed by atoms with Gasteiger partial charge in [-0.15, -0.1) is 11.3 Å². The average molecular weight is 312 g/mol. The van der Waals surface area contributed by atoms with Gasteiger partial charge in [0.25, 0.3) is 0 Å². The van der Waals surface area contributed by atoms with Gasteiger partial charge in [0.1, 0.15) is 5.82 Å². The van der Waals surface area contributed by atoms with Crippen LogP contribution in [0.3, 0.4) is 0 Å². The standard InChI is InChI=1S/C12H14BrN3S/c1-8-11(13)4-5-12(14-8)16(3)6-10-7-17-9(2)15-10/h4-5,7H,6H2,1-3H3. The Morgan fingerprint density at radius 1 is 1.29 bits per heavy atom. The summed E-state index contributed by atoms with van der Waals surface area (Å²) in [7, 11) is 2.03. The summed E-state index contributed by atoms with van der Waals surface area (Å²) in [5.74, 6) is 0.969. The minimum Gasteiger partial charge on any atom is -0.354 e. The smallest absolute Gasteiger partial charge is 0.128 e. The first-order valence-electron chi connectivity index (χ1n) is 5.31. The van der Waals surface area contributed by atoms with E-state index in [0.717, 1.165) is 33.2 Å². The van der Waals surface area contributed by atoms with Gasteiger partial charge >= 0.3 is 0 Å². The van der Waals surface area contributed by atoms with Gasteiger partial charge in [-0.05, 0) is 41.9 Å². The van der Waals surface area contributed by atoms with Gasteiger partial charge in [-0.2, -0.15) is 0 Å². The maximum absolute atomic E-state index is 4.53. The zero-order valence-corrected chi connectivity index (χ0v) is 12.5. The van der Waals surface area contributed by atoms with E-state index in [2.05, 4.69) is 36.2 Å². The zero-order chi connectivity index (χ0) is 12.4. The van der Waals surface area contributed by atoms with Crippen LogP contribution >= 0.6 is 27.3 Å². The van der Waals surface area contributed by atoms with Gasteiger partial charge in [0.2, 0.25) is 0 Å². The maximum Gasteiger partial charge on any atom is 0.128 e. The van der Waals surface area contributed by atoms with Crippen LogP contribution in [0.2, 0.25) is 0 Å². The fourth-order valence-corrected chi connectivity index (χ4v) is 2.37. The molecule has 0 saturated carbocycles. The molecule has 2 heterocycles. The Kier molecular flexibility index (Phi) is 3.79. The lowest BCUT2D eigenvalue weighted by atomic mass is 10.3. The molecule has 0 atom stereocenters. The first kappa shape index (κ1) is 12.5. The molecule has 3 nitrogen and oxygen atoms in total. The molecule has 2 aromatic rings. The molecule has 0 unspecified atom stereocenters. The van der Waals surface area contributed by atoms with E-state index in [1.54, 1.807) is 11.3 Å². The van der Waals surface area contributed by atoms with Gasteiger partial charge in [-0.1, -0.05) is 0 Å². The highest BCUT2D eigenvalue weighted by molar-refractivity contribution is 9.10. The molecule has 90 valence electrons. The van der Waals surface area contributed by atoms with Gasteiger partial charge in [-0.25, -0.2) is 9.97 Å². The Hall–Kier alpha value is -0.940. The maximum atomic E-state index is 4.53. The van der Waals surface area contributed by atoms with Crippen molar-refractivity contribution in [2.24, 2.45) is 0 Å². The van der Waals surface area contributed by atoms with Crippen LogP contribution in [-0.4, -0.2) is 17.0 Å². The van der Waals surface area contributed by atoms with Crippen LogP contribution in [0.15, 0.2) is 22.0 Å². The number of pyridine rings is 1. The molecule has 2 rings (SSSR count). The highest BCUT2D eigenvalue weighted by Crippen LogP contribution is 2.20. The van der Waals surface area contributed by atoms with Crippen LogP contribution < -0.4 is 4.90 Å². The monoisotopic (exact) mass is 311 g/mol.